The van der Waals surface area contributed by atoms with E-state index in [9.17, 15) is 14.4 Å². The minimum absolute atomic E-state index is 0.141. The van der Waals surface area contributed by atoms with Crippen LogP contribution in [0.4, 0.5) is 11.4 Å². The molecule has 2 aromatic rings. The summed E-state index contributed by atoms with van der Waals surface area (Å²) in [5.74, 6) is -2.97. The molecule has 1 fully saturated rings. The number of halogens is 2. The predicted molar refractivity (Wildman–Crippen MR) is 109 cm³/mol. The Morgan fingerprint density at radius 1 is 1.00 bits per heavy atom. The van der Waals surface area contributed by atoms with E-state index in [1.165, 1.54) is 12.1 Å². The number of rotatable bonds is 3. The number of carbonyl (C=O) groups excluding carboxylic acids is 3. The van der Waals surface area contributed by atoms with Crippen LogP contribution in [-0.4, -0.2) is 36.6 Å². The lowest BCUT2D eigenvalue weighted by Gasteiger charge is -2.23. The van der Waals surface area contributed by atoms with Crippen LogP contribution in [0, 0.1) is 12.8 Å². The number of carbonyl (C=O) groups is 3. The van der Waals surface area contributed by atoms with E-state index in [0.717, 1.165) is 4.90 Å². The van der Waals surface area contributed by atoms with Gasteiger partial charge in [0.2, 0.25) is 5.91 Å². The van der Waals surface area contributed by atoms with Gasteiger partial charge in [0.05, 0.1) is 23.5 Å². The first-order valence-electron chi connectivity index (χ1n) is 8.70. The average molecular weight is 432 g/mol. The fraction of sp³-hybridized carbons (Fsp3) is 0.200. The Balaban J connectivity index is 1.86. The zero-order valence-corrected chi connectivity index (χ0v) is 16.9. The molecule has 7 nitrogen and oxygen atoms in total. The molecule has 4 rings (SSSR count). The van der Waals surface area contributed by atoms with Crippen molar-refractivity contribution in [1.82, 2.24) is 0 Å². The number of nitrogens with zero attached hydrogens (tertiary/aromatic N) is 3. The number of anilines is 2. The van der Waals surface area contributed by atoms with Crippen molar-refractivity contribution in [3.8, 4) is 0 Å². The highest BCUT2D eigenvalue weighted by molar-refractivity contribution is 6.47. The van der Waals surface area contributed by atoms with Gasteiger partial charge in [-0.2, -0.15) is 5.10 Å². The van der Waals surface area contributed by atoms with Gasteiger partial charge in [-0.15, -0.1) is 0 Å². The number of para-hydroxylation sites is 1. The van der Waals surface area contributed by atoms with Gasteiger partial charge < -0.3 is 4.74 Å². The van der Waals surface area contributed by atoms with Gasteiger partial charge in [0.1, 0.15) is 12.0 Å². The van der Waals surface area contributed by atoms with Crippen LogP contribution < -0.4 is 9.91 Å². The highest BCUT2D eigenvalue weighted by atomic mass is 35.5. The highest BCUT2D eigenvalue weighted by Crippen LogP contribution is 2.41. The summed E-state index contributed by atoms with van der Waals surface area (Å²) in [6.07, 6.45) is 0. The first kappa shape index (κ1) is 19.4. The number of hydrazone groups is 1. The van der Waals surface area contributed by atoms with E-state index in [1.54, 1.807) is 49.4 Å². The minimum atomic E-state index is -1.11. The zero-order valence-electron chi connectivity index (χ0n) is 15.4. The van der Waals surface area contributed by atoms with E-state index in [4.69, 9.17) is 27.9 Å². The maximum Gasteiger partial charge on any atom is 0.355 e. The summed E-state index contributed by atoms with van der Waals surface area (Å²) in [4.78, 5) is 40.0. The molecule has 2 heterocycles. The van der Waals surface area contributed by atoms with Crippen LogP contribution in [0.25, 0.3) is 0 Å². The van der Waals surface area contributed by atoms with Gasteiger partial charge in [-0.25, -0.2) is 14.7 Å². The molecule has 29 heavy (non-hydrogen) atoms. The van der Waals surface area contributed by atoms with Crippen molar-refractivity contribution in [1.29, 1.82) is 0 Å². The molecule has 2 aliphatic rings. The number of methoxy groups -OCH3 is 1. The number of imide groups is 1. The van der Waals surface area contributed by atoms with Crippen molar-refractivity contribution in [3.05, 3.63) is 58.1 Å². The summed E-state index contributed by atoms with van der Waals surface area (Å²) in [5, 5.41) is 6.31. The molecule has 2 aliphatic heterocycles. The number of hydrogen-bond donors (Lipinski definition) is 0. The fourth-order valence-corrected chi connectivity index (χ4v) is 3.99. The van der Waals surface area contributed by atoms with E-state index >= 15 is 0 Å². The van der Waals surface area contributed by atoms with Crippen molar-refractivity contribution >= 4 is 58.1 Å². The maximum atomic E-state index is 13.4. The van der Waals surface area contributed by atoms with Crippen LogP contribution in [0.5, 0.6) is 0 Å². The van der Waals surface area contributed by atoms with Crippen LogP contribution in [0.1, 0.15) is 5.56 Å². The second-order valence-corrected chi connectivity index (χ2v) is 7.41. The fourth-order valence-electron chi connectivity index (χ4n) is 3.60. The van der Waals surface area contributed by atoms with E-state index in [-0.39, 0.29) is 5.71 Å². The van der Waals surface area contributed by atoms with E-state index in [1.807, 2.05) is 0 Å². The zero-order chi connectivity index (χ0) is 20.9. The van der Waals surface area contributed by atoms with Gasteiger partial charge in [-0.1, -0.05) is 41.4 Å². The van der Waals surface area contributed by atoms with Gasteiger partial charge in [-0.3, -0.25) is 9.59 Å². The standard InChI is InChI=1S/C20H15Cl2N3O4/c1-10-11(21)7-5-9-13(10)24-18(26)15-16(20(28)29-2)23-25(17(15)19(24)27)14-8-4-3-6-12(14)22/h3-9,15,17H,1-2H3/t15-,17-/m1/s1. The summed E-state index contributed by atoms with van der Waals surface area (Å²) in [5.41, 5.74) is 1.22. The lowest BCUT2D eigenvalue weighted by atomic mass is 9.98. The second-order valence-electron chi connectivity index (χ2n) is 6.59. The Bertz CT molecular complexity index is 1090. The number of fused-ring (bicyclic) bond motifs is 1. The largest absolute Gasteiger partial charge is 0.464 e. The van der Waals surface area contributed by atoms with Gasteiger partial charge in [0.25, 0.3) is 5.91 Å². The van der Waals surface area contributed by atoms with Crippen molar-refractivity contribution in [2.45, 2.75) is 13.0 Å². The molecular weight excluding hydrogens is 417 g/mol. The summed E-state index contributed by atoms with van der Waals surface area (Å²) in [6, 6.07) is 10.7. The van der Waals surface area contributed by atoms with Gasteiger partial charge in [0, 0.05) is 5.02 Å². The number of ether oxygens (including phenoxy) is 1. The lowest BCUT2D eigenvalue weighted by Crippen LogP contribution is -2.39. The second kappa shape index (κ2) is 7.17. The highest BCUT2D eigenvalue weighted by Gasteiger charge is 2.59. The molecule has 0 aliphatic carbocycles. The molecule has 0 unspecified atom stereocenters. The normalized spacial score (nSPS) is 20.8. The van der Waals surface area contributed by atoms with Gasteiger partial charge in [0.15, 0.2) is 5.71 Å². The number of benzene rings is 2. The van der Waals surface area contributed by atoms with Crippen LogP contribution in [0.15, 0.2) is 47.6 Å². The van der Waals surface area contributed by atoms with E-state index in [2.05, 4.69) is 5.10 Å². The van der Waals surface area contributed by atoms with Crippen molar-refractivity contribution in [2.24, 2.45) is 11.0 Å². The molecule has 148 valence electrons. The van der Waals surface area contributed by atoms with Crippen LogP contribution in [-0.2, 0) is 19.1 Å². The van der Waals surface area contributed by atoms with Gasteiger partial charge in [-0.05, 0) is 36.8 Å². The monoisotopic (exact) mass is 431 g/mol. The molecular formula is C20H15Cl2N3O4. The Hall–Kier alpha value is -2.90. The molecule has 0 spiro atoms. The minimum Gasteiger partial charge on any atom is -0.464 e. The number of hydrogen-bond acceptors (Lipinski definition) is 6. The molecule has 0 saturated carbocycles. The van der Waals surface area contributed by atoms with Crippen LogP contribution in [0.3, 0.4) is 0 Å². The number of esters is 1. The summed E-state index contributed by atoms with van der Waals surface area (Å²) >= 11 is 12.5. The third-order valence-electron chi connectivity index (χ3n) is 5.02. The van der Waals surface area contributed by atoms with Crippen molar-refractivity contribution in [3.63, 3.8) is 0 Å². The first-order chi connectivity index (χ1) is 13.9. The molecule has 0 aromatic heterocycles. The average Bonchev–Trinajstić information content (AvgIpc) is 3.21. The smallest absolute Gasteiger partial charge is 0.355 e. The quantitative estimate of drug-likeness (QED) is 0.550. The summed E-state index contributed by atoms with van der Waals surface area (Å²) in [6.45, 7) is 1.72. The van der Waals surface area contributed by atoms with Crippen molar-refractivity contribution in [2.75, 3.05) is 17.0 Å². The topological polar surface area (TPSA) is 79.3 Å². The third-order valence-corrected chi connectivity index (χ3v) is 5.75. The van der Waals surface area contributed by atoms with Crippen LogP contribution >= 0.6 is 23.2 Å². The predicted octanol–water partition coefficient (Wildman–Crippen LogP) is 3.21. The molecule has 2 amide bonds. The lowest BCUT2D eigenvalue weighted by molar-refractivity contribution is -0.133. The summed E-state index contributed by atoms with van der Waals surface area (Å²) < 4.78 is 4.79. The molecule has 0 bridgehead atoms. The molecule has 0 radical (unpaired) electrons. The molecule has 2 aromatic carbocycles. The number of amides is 2. The third kappa shape index (κ3) is 2.89. The molecule has 9 heteroatoms. The Labute approximate surface area is 176 Å². The van der Waals surface area contributed by atoms with E-state index in [0.29, 0.717) is 27.0 Å². The Morgan fingerprint density at radius 3 is 2.34 bits per heavy atom. The Kier molecular flexibility index (Phi) is 4.80. The Morgan fingerprint density at radius 2 is 1.66 bits per heavy atom. The van der Waals surface area contributed by atoms with E-state index < -0.39 is 29.7 Å². The first-order valence-corrected chi connectivity index (χ1v) is 9.46. The molecule has 2 atom stereocenters. The summed E-state index contributed by atoms with van der Waals surface area (Å²) in [7, 11) is 1.19. The maximum absolute atomic E-state index is 13.4. The SMILES string of the molecule is COC(=O)C1=NN(c2ccccc2Cl)[C@H]2C(=O)N(c3cccc(Cl)c3C)C(=O)[C@H]12. The molecule has 1 saturated heterocycles. The molecule has 0 N–H and O–H groups in total. The van der Waals surface area contributed by atoms with Crippen molar-refractivity contribution < 1.29 is 19.1 Å². The van der Waals surface area contributed by atoms with Gasteiger partial charge >= 0.3 is 5.97 Å². The van der Waals surface area contributed by atoms with Crippen LogP contribution in [0.2, 0.25) is 10.0 Å².